The second-order valence-corrected chi connectivity index (χ2v) is 7.27. The van der Waals surface area contributed by atoms with E-state index in [9.17, 15) is 0 Å². The van der Waals surface area contributed by atoms with Gasteiger partial charge in [-0.3, -0.25) is 0 Å². The maximum absolute atomic E-state index is 3.56. The molecule has 1 N–H and O–H groups in total. The number of likely N-dealkylation sites (tertiary alicyclic amines) is 1. The fourth-order valence-corrected chi connectivity index (χ4v) is 3.86. The van der Waals surface area contributed by atoms with E-state index < -0.39 is 0 Å². The molecule has 1 aliphatic heterocycles. The van der Waals surface area contributed by atoms with Crippen LogP contribution in [0.2, 0.25) is 0 Å². The van der Waals surface area contributed by atoms with Gasteiger partial charge in [-0.05, 0) is 37.3 Å². The highest BCUT2D eigenvalue weighted by molar-refractivity contribution is 7.11. The Labute approximate surface area is 115 Å². The van der Waals surface area contributed by atoms with E-state index in [0.29, 0.717) is 0 Å². The van der Waals surface area contributed by atoms with Gasteiger partial charge in [0.15, 0.2) is 0 Å². The third-order valence-electron chi connectivity index (χ3n) is 3.64. The second-order valence-electron chi connectivity index (χ2n) is 5.89. The van der Waals surface area contributed by atoms with Crippen LogP contribution in [0.1, 0.15) is 30.0 Å². The van der Waals surface area contributed by atoms with Crippen molar-refractivity contribution in [1.29, 1.82) is 0 Å². The number of hydrogen-bond acceptors (Lipinski definition) is 3. The molecule has 0 spiro atoms. The maximum atomic E-state index is 3.56. The summed E-state index contributed by atoms with van der Waals surface area (Å²) in [5.41, 5.74) is 0. The molecule has 0 saturated carbocycles. The van der Waals surface area contributed by atoms with Gasteiger partial charge in [0.05, 0.1) is 0 Å². The van der Waals surface area contributed by atoms with E-state index in [4.69, 9.17) is 0 Å². The summed E-state index contributed by atoms with van der Waals surface area (Å²) in [6.07, 6.45) is 1.40. The fourth-order valence-electron chi connectivity index (χ4n) is 3.00. The molecule has 0 bridgehead atoms. The third kappa shape index (κ3) is 4.38. The highest BCUT2D eigenvalue weighted by atomic mass is 32.1. The van der Waals surface area contributed by atoms with Crippen molar-refractivity contribution in [3.63, 3.8) is 0 Å². The number of rotatable bonds is 5. The lowest BCUT2D eigenvalue weighted by Gasteiger charge is -2.34. The SMILES string of the molecule is Cc1ccc(CNCCN2CC(C)CC(C)C2)s1. The normalized spacial score (nSPS) is 25.5. The third-order valence-corrected chi connectivity index (χ3v) is 4.65. The van der Waals surface area contributed by atoms with Crippen LogP contribution in [0.3, 0.4) is 0 Å². The topological polar surface area (TPSA) is 15.3 Å². The first-order chi connectivity index (χ1) is 8.63. The fraction of sp³-hybridized carbons (Fsp3) is 0.733. The molecule has 2 rings (SSSR count). The van der Waals surface area contributed by atoms with Crippen LogP contribution >= 0.6 is 11.3 Å². The summed E-state index contributed by atoms with van der Waals surface area (Å²) in [5.74, 6) is 1.74. The van der Waals surface area contributed by atoms with Gasteiger partial charge in [-0.2, -0.15) is 0 Å². The first-order valence-corrected chi connectivity index (χ1v) is 7.93. The molecule has 0 aromatic carbocycles. The van der Waals surface area contributed by atoms with E-state index in [-0.39, 0.29) is 0 Å². The summed E-state index contributed by atoms with van der Waals surface area (Å²) >= 11 is 1.90. The molecule has 3 heteroatoms. The van der Waals surface area contributed by atoms with Crippen molar-refractivity contribution in [2.45, 2.75) is 33.7 Å². The predicted octanol–water partition coefficient (Wildman–Crippen LogP) is 3.12. The molecule has 1 aromatic rings. The minimum atomic E-state index is 0.869. The molecule has 102 valence electrons. The number of nitrogens with one attached hydrogen (secondary N) is 1. The molecule has 1 fully saturated rings. The largest absolute Gasteiger partial charge is 0.311 e. The number of thiophene rings is 1. The molecule has 0 amide bonds. The summed E-state index contributed by atoms with van der Waals surface area (Å²) < 4.78 is 0. The van der Waals surface area contributed by atoms with Gasteiger partial charge in [0.1, 0.15) is 0 Å². The predicted molar refractivity (Wildman–Crippen MR) is 80.1 cm³/mol. The van der Waals surface area contributed by atoms with Gasteiger partial charge in [-0.1, -0.05) is 13.8 Å². The first-order valence-electron chi connectivity index (χ1n) is 7.12. The molecule has 2 nitrogen and oxygen atoms in total. The number of hydrogen-bond donors (Lipinski definition) is 1. The average molecular weight is 266 g/mol. The Hall–Kier alpha value is -0.380. The molecule has 0 aliphatic carbocycles. The van der Waals surface area contributed by atoms with Crippen LogP contribution in [0.5, 0.6) is 0 Å². The zero-order valence-corrected chi connectivity index (χ0v) is 12.7. The van der Waals surface area contributed by atoms with Crippen molar-refractivity contribution in [2.75, 3.05) is 26.2 Å². The van der Waals surface area contributed by atoms with Crippen LogP contribution in [-0.4, -0.2) is 31.1 Å². The van der Waals surface area contributed by atoms with Crippen molar-refractivity contribution in [3.8, 4) is 0 Å². The van der Waals surface area contributed by atoms with E-state index in [1.54, 1.807) is 0 Å². The van der Waals surface area contributed by atoms with E-state index in [1.165, 1.54) is 35.8 Å². The van der Waals surface area contributed by atoms with Crippen LogP contribution in [0.15, 0.2) is 12.1 Å². The van der Waals surface area contributed by atoms with Crippen molar-refractivity contribution in [1.82, 2.24) is 10.2 Å². The lowest BCUT2D eigenvalue weighted by molar-refractivity contribution is 0.142. The molecular weight excluding hydrogens is 240 g/mol. The van der Waals surface area contributed by atoms with Crippen molar-refractivity contribution in [2.24, 2.45) is 11.8 Å². The molecule has 1 aromatic heterocycles. The van der Waals surface area contributed by atoms with Crippen LogP contribution in [0.25, 0.3) is 0 Å². The monoisotopic (exact) mass is 266 g/mol. The summed E-state index contributed by atoms with van der Waals surface area (Å²) in [5, 5.41) is 3.56. The maximum Gasteiger partial charge on any atom is 0.0300 e. The van der Waals surface area contributed by atoms with E-state index >= 15 is 0 Å². The highest BCUT2D eigenvalue weighted by Crippen LogP contribution is 2.20. The zero-order valence-electron chi connectivity index (χ0n) is 11.9. The Bertz CT molecular complexity index is 351. The Kier molecular flexibility index (Phi) is 5.22. The quantitative estimate of drug-likeness (QED) is 0.824. The Morgan fingerprint density at radius 2 is 2.00 bits per heavy atom. The van der Waals surface area contributed by atoms with Crippen molar-refractivity contribution in [3.05, 3.63) is 21.9 Å². The lowest BCUT2D eigenvalue weighted by atomic mass is 9.92. The number of nitrogens with zero attached hydrogens (tertiary/aromatic N) is 1. The van der Waals surface area contributed by atoms with Gasteiger partial charge in [0.2, 0.25) is 0 Å². The Balaban J connectivity index is 1.63. The molecule has 0 radical (unpaired) electrons. The summed E-state index contributed by atoms with van der Waals surface area (Å²) in [7, 11) is 0. The molecule has 2 unspecified atom stereocenters. The van der Waals surface area contributed by atoms with Gasteiger partial charge in [0, 0.05) is 42.5 Å². The minimum absolute atomic E-state index is 0.869. The van der Waals surface area contributed by atoms with E-state index in [1.807, 2.05) is 11.3 Å². The van der Waals surface area contributed by atoms with Crippen LogP contribution in [-0.2, 0) is 6.54 Å². The summed E-state index contributed by atoms with van der Waals surface area (Å²) in [4.78, 5) is 5.48. The van der Waals surface area contributed by atoms with Crippen molar-refractivity contribution >= 4 is 11.3 Å². The zero-order chi connectivity index (χ0) is 13.0. The molecule has 2 heterocycles. The molecule has 1 aliphatic rings. The van der Waals surface area contributed by atoms with Gasteiger partial charge in [-0.15, -0.1) is 11.3 Å². The van der Waals surface area contributed by atoms with Gasteiger partial charge >= 0.3 is 0 Å². The van der Waals surface area contributed by atoms with Gasteiger partial charge < -0.3 is 10.2 Å². The molecule has 18 heavy (non-hydrogen) atoms. The molecule has 2 atom stereocenters. The number of aryl methyl sites for hydroxylation is 1. The van der Waals surface area contributed by atoms with Gasteiger partial charge in [-0.25, -0.2) is 0 Å². The average Bonchev–Trinajstić information content (AvgIpc) is 2.69. The Morgan fingerprint density at radius 1 is 1.28 bits per heavy atom. The highest BCUT2D eigenvalue weighted by Gasteiger charge is 2.20. The van der Waals surface area contributed by atoms with E-state index in [0.717, 1.165) is 24.9 Å². The first kappa shape index (κ1) is 14.0. The van der Waals surface area contributed by atoms with Crippen LogP contribution in [0, 0.1) is 18.8 Å². The minimum Gasteiger partial charge on any atom is -0.311 e. The Morgan fingerprint density at radius 3 is 2.61 bits per heavy atom. The molecule has 1 saturated heterocycles. The molecular formula is C15H26N2S. The lowest BCUT2D eigenvalue weighted by Crippen LogP contribution is -2.41. The summed E-state index contributed by atoms with van der Waals surface area (Å²) in [6.45, 7) is 12.8. The van der Waals surface area contributed by atoms with Gasteiger partial charge in [0.25, 0.3) is 0 Å². The van der Waals surface area contributed by atoms with Crippen LogP contribution < -0.4 is 5.32 Å². The second kappa shape index (κ2) is 6.69. The van der Waals surface area contributed by atoms with Crippen LogP contribution in [0.4, 0.5) is 0 Å². The summed E-state index contributed by atoms with van der Waals surface area (Å²) in [6, 6.07) is 4.44. The van der Waals surface area contributed by atoms with Crippen molar-refractivity contribution < 1.29 is 0 Å². The van der Waals surface area contributed by atoms with E-state index in [2.05, 4.69) is 43.1 Å². The standard InChI is InChI=1S/C15H26N2S/c1-12-8-13(2)11-17(10-12)7-6-16-9-15-5-4-14(3)18-15/h4-5,12-13,16H,6-11H2,1-3H3. The smallest absolute Gasteiger partial charge is 0.0300 e. The number of piperidine rings is 1.